The average Bonchev–Trinajstić information content (AvgIpc) is 2.41. The van der Waals surface area contributed by atoms with E-state index in [-0.39, 0.29) is 17.2 Å². The Morgan fingerprint density at radius 3 is 2.79 bits per heavy atom. The van der Waals surface area contributed by atoms with E-state index in [0.717, 1.165) is 0 Å². The van der Waals surface area contributed by atoms with Crippen LogP contribution in [0.25, 0.3) is 0 Å². The van der Waals surface area contributed by atoms with Crippen LogP contribution in [0.4, 0.5) is 5.69 Å². The van der Waals surface area contributed by atoms with E-state index in [0.29, 0.717) is 16.3 Å². The summed E-state index contributed by atoms with van der Waals surface area (Å²) in [5.74, 6) is 0.341. The minimum absolute atomic E-state index is 0.0815. The number of nitro benzene ring substituents is 1. The third kappa shape index (κ3) is 3.14. The summed E-state index contributed by atoms with van der Waals surface area (Å²) in [6.45, 7) is 0. The molecule has 0 saturated heterocycles. The number of carbonyl (C=O) groups excluding carboxylic acids is 1. The van der Waals surface area contributed by atoms with Gasteiger partial charge in [0, 0.05) is 22.3 Å². The van der Waals surface area contributed by atoms with Crippen LogP contribution in [-0.2, 0) is 0 Å². The summed E-state index contributed by atoms with van der Waals surface area (Å²) >= 11 is 3.15. The highest BCUT2D eigenvalue weighted by molar-refractivity contribution is 9.10. The molecule has 2 aromatic rings. The largest absolute Gasteiger partial charge is 0.448 e. The van der Waals surface area contributed by atoms with E-state index >= 15 is 0 Å². The molecule has 1 aromatic heterocycles. The molecule has 6 nitrogen and oxygen atoms in total. The predicted octanol–water partition coefficient (Wildman–Crippen LogP) is 3.36. The van der Waals surface area contributed by atoms with Gasteiger partial charge in [-0.2, -0.15) is 0 Å². The van der Waals surface area contributed by atoms with Crippen LogP contribution in [0.15, 0.2) is 41.1 Å². The van der Waals surface area contributed by atoms with Crippen LogP contribution in [-0.4, -0.2) is 16.2 Å². The number of aldehydes is 1. The number of benzene rings is 1. The summed E-state index contributed by atoms with van der Waals surface area (Å²) in [5.41, 5.74) is 0.156. The zero-order chi connectivity index (χ0) is 13.8. The first kappa shape index (κ1) is 13.2. The first-order valence-electron chi connectivity index (χ1n) is 5.12. The third-order valence-electron chi connectivity index (χ3n) is 2.22. The van der Waals surface area contributed by atoms with Crippen molar-refractivity contribution >= 4 is 27.9 Å². The fourth-order valence-corrected chi connectivity index (χ4v) is 1.75. The first-order valence-corrected chi connectivity index (χ1v) is 5.91. The highest BCUT2D eigenvalue weighted by Gasteiger charge is 2.16. The monoisotopic (exact) mass is 322 g/mol. The molecule has 0 aliphatic heterocycles. The highest BCUT2D eigenvalue weighted by Crippen LogP contribution is 2.33. The molecule has 1 heterocycles. The van der Waals surface area contributed by atoms with Gasteiger partial charge in [0.1, 0.15) is 5.75 Å². The van der Waals surface area contributed by atoms with Crippen LogP contribution in [0.3, 0.4) is 0 Å². The maximum atomic E-state index is 10.9. The van der Waals surface area contributed by atoms with Crippen molar-refractivity contribution in [3.63, 3.8) is 0 Å². The molecular formula is C12H7BrN2O4. The van der Waals surface area contributed by atoms with Crippen molar-refractivity contribution in [2.45, 2.75) is 0 Å². The Kier molecular flexibility index (Phi) is 3.86. The number of hydrogen-bond acceptors (Lipinski definition) is 5. The number of halogens is 1. The predicted molar refractivity (Wildman–Crippen MR) is 70.5 cm³/mol. The van der Waals surface area contributed by atoms with Crippen molar-refractivity contribution in [2.24, 2.45) is 0 Å². The van der Waals surface area contributed by atoms with Gasteiger partial charge in [-0.15, -0.1) is 0 Å². The van der Waals surface area contributed by atoms with Gasteiger partial charge in [0.05, 0.1) is 11.1 Å². The Morgan fingerprint density at radius 1 is 1.32 bits per heavy atom. The lowest BCUT2D eigenvalue weighted by atomic mass is 10.3. The fourth-order valence-electron chi connectivity index (χ4n) is 1.40. The van der Waals surface area contributed by atoms with E-state index in [1.807, 2.05) is 0 Å². The summed E-state index contributed by atoms with van der Waals surface area (Å²) in [4.78, 5) is 24.8. The molecule has 0 unspecified atom stereocenters. The number of rotatable bonds is 4. The standard InChI is InChI=1S/C12H7BrN2O4/c13-9-1-2-12(11(4-9)15(17)18)19-10-3-8(7-16)5-14-6-10/h1-7H. The average molecular weight is 323 g/mol. The summed E-state index contributed by atoms with van der Waals surface area (Å²) in [5, 5.41) is 10.9. The summed E-state index contributed by atoms with van der Waals surface area (Å²) in [7, 11) is 0. The fraction of sp³-hybridized carbons (Fsp3) is 0. The number of pyridine rings is 1. The molecule has 0 N–H and O–H groups in total. The molecule has 2 rings (SSSR count). The van der Waals surface area contributed by atoms with Crippen molar-refractivity contribution in [3.8, 4) is 11.5 Å². The molecular weight excluding hydrogens is 316 g/mol. The quantitative estimate of drug-likeness (QED) is 0.489. The Hall–Kier alpha value is -2.28. The molecule has 19 heavy (non-hydrogen) atoms. The van der Waals surface area contributed by atoms with E-state index in [9.17, 15) is 14.9 Å². The van der Waals surface area contributed by atoms with Crippen molar-refractivity contribution in [1.82, 2.24) is 4.98 Å². The molecule has 0 aliphatic rings. The highest BCUT2D eigenvalue weighted by atomic mass is 79.9. The molecule has 0 fully saturated rings. The smallest absolute Gasteiger partial charge is 0.312 e. The van der Waals surface area contributed by atoms with Gasteiger partial charge >= 0.3 is 5.69 Å². The van der Waals surface area contributed by atoms with Crippen LogP contribution in [0.1, 0.15) is 10.4 Å². The molecule has 0 bridgehead atoms. The van der Waals surface area contributed by atoms with Gasteiger partial charge in [0.2, 0.25) is 5.75 Å². The number of nitro groups is 1. The lowest BCUT2D eigenvalue weighted by Gasteiger charge is -2.06. The van der Waals surface area contributed by atoms with Gasteiger partial charge in [-0.05, 0) is 18.2 Å². The molecule has 0 spiro atoms. The topological polar surface area (TPSA) is 82.3 Å². The SMILES string of the molecule is O=Cc1cncc(Oc2ccc(Br)cc2[N+](=O)[O-])c1. The molecule has 1 aromatic carbocycles. The van der Waals surface area contributed by atoms with Crippen LogP contribution < -0.4 is 4.74 Å². The Labute approximate surface area is 116 Å². The minimum atomic E-state index is -0.545. The maximum Gasteiger partial charge on any atom is 0.312 e. The molecule has 0 atom stereocenters. The number of ether oxygens (including phenoxy) is 1. The van der Waals surface area contributed by atoms with Gasteiger partial charge in [-0.3, -0.25) is 19.9 Å². The molecule has 0 saturated carbocycles. The first-order chi connectivity index (χ1) is 9.10. The van der Waals surface area contributed by atoms with Gasteiger partial charge < -0.3 is 4.74 Å². The van der Waals surface area contributed by atoms with Crippen LogP contribution >= 0.6 is 15.9 Å². The van der Waals surface area contributed by atoms with E-state index in [1.54, 1.807) is 6.07 Å². The molecule has 0 radical (unpaired) electrons. The van der Waals surface area contributed by atoms with E-state index in [4.69, 9.17) is 4.74 Å². The van der Waals surface area contributed by atoms with Crippen LogP contribution in [0.5, 0.6) is 11.5 Å². The van der Waals surface area contributed by atoms with Crippen molar-refractivity contribution in [3.05, 3.63) is 56.8 Å². The number of aromatic nitrogens is 1. The normalized spacial score (nSPS) is 9.95. The number of nitrogens with zero attached hydrogens (tertiary/aromatic N) is 2. The van der Waals surface area contributed by atoms with Gasteiger partial charge in [0.25, 0.3) is 0 Å². The molecule has 0 amide bonds. The second-order valence-electron chi connectivity index (χ2n) is 3.54. The summed E-state index contributed by atoms with van der Waals surface area (Å²) < 4.78 is 5.96. The molecule has 7 heteroatoms. The zero-order valence-electron chi connectivity index (χ0n) is 9.45. The second-order valence-corrected chi connectivity index (χ2v) is 4.46. The van der Waals surface area contributed by atoms with Crippen molar-refractivity contribution in [1.29, 1.82) is 0 Å². The molecule has 96 valence electrons. The lowest BCUT2D eigenvalue weighted by molar-refractivity contribution is -0.385. The Morgan fingerprint density at radius 2 is 2.11 bits per heavy atom. The second kappa shape index (κ2) is 5.57. The van der Waals surface area contributed by atoms with Crippen LogP contribution in [0, 0.1) is 10.1 Å². The lowest BCUT2D eigenvalue weighted by Crippen LogP contribution is -1.94. The van der Waals surface area contributed by atoms with E-state index in [2.05, 4.69) is 20.9 Å². The minimum Gasteiger partial charge on any atom is -0.448 e. The summed E-state index contributed by atoms with van der Waals surface area (Å²) in [6, 6.07) is 5.88. The van der Waals surface area contributed by atoms with Gasteiger partial charge in [-0.25, -0.2) is 0 Å². The van der Waals surface area contributed by atoms with Crippen molar-refractivity contribution < 1.29 is 14.5 Å². The maximum absolute atomic E-state index is 10.9. The molecule has 0 aliphatic carbocycles. The van der Waals surface area contributed by atoms with Gasteiger partial charge in [0.15, 0.2) is 6.29 Å². The van der Waals surface area contributed by atoms with Crippen LogP contribution in [0.2, 0.25) is 0 Å². The Balaban J connectivity index is 2.37. The summed E-state index contributed by atoms with van der Waals surface area (Å²) in [6.07, 6.45) is 3.37. The number of carbonyl (C=O) groups is 1. The Bertz CT molecular complexity index is 645. The number of hydrogen-bond donors (Lipinski definition) is 0. The third-order valence-corrected chi connectivity index (χ3v) is 2.71. The van der Waals surface area contributed by atoms with E-state index in [1.165, 1.54) is 30.6 Å². The van der Waals surface area contributed by atoms with E-state index < -0.39 is 4.92 Å². The van der Waals surface area contributed by atoms with Gasteiger partial charge in [-0.1, -0.05) is 15.9 Å². The van der Waals surface area contributed by atoms with Crippen molar-refractivity contribution in [2.75, 3.05) is 0 Å². The zero-order valence-corrected chi connectivity index (χ0v) is 11.0.